The van der Waals surface area contributed by atoms with Crippen LogP contribution in [0.15, 0.2) is 0 Å². The van der Waals surface area contributed by atoms with Crippen molar-refractivity contribution >= 4 is 23.9 Å². The van der Waals surface area contributed by atoms with Crippen molar-refractivity contribution in [3.8, 4) is 0 Å². The zero-order valence-corrected chi connectivity index (χ0v) is 13.0. The van der Waals surface area contributed by atoms with Crippen LogP contribution < -0.4 is 5.73 Å². The molecule has 0 aromatic heterocycles. The Kier molecular flexibility index (Phi) is 14.5. The van der Waals surface area contributed by atoms with Crippen molar-refractivity contribution in [1.29, 1.82) is 0 Å². The molecule has 0 saturated heterocycles. The Morgan fingerprint density at radius 2 is 1.14 bits per heavy atom. The molecule has 0 radical (unpaired) electrons. The largest absolute Gasteiger partial charge is 0.481 e. The summed E-state index contributed by atoms with van der Waals surface area (Å²) in [6, 6.07) is -1.06. The van der Waals surface area contributed by atoms with Crippen LogP contribution in [0.5, 0.6) is 0 Å². The van der Waals surface area contributed by atoms with Gasteiger partial charge in [-0.25, -0.2) is 9.59 Å². The standard InChI is InChI=1S/C5H9NO4.C4H6O6.Zr/c6-3(5(9)10)1-2-4(7)8;5-1(3(7)8)2(6)4(9)10;/h3H,1-2,6H2,(H,7,8)(H,9,10);1-2,5-6H,(H,7,8)(H,9,10);. The van der Waals surface area contributed by atoms with Gasteiger partial charge in [0.2, 0.25) is 0 Å². The SMILES string of the molecule is NC(CCC(=O)O)C(=O)O.O=C(O)C(O)C(O)C(=O)O.[Zr]. The molecule has 0 aromatic carbocycles. The molecular weight excluding hydrogens is 373 g/mol. The van der Waals surface area contributed by atoms with Gasteiger partial charge in [0, 0.05) is 32.6 Å². The first-order chi connectivity index (χ1) is 9.00. The van der Waals surface area contributed by atoms with Crippen LogP contribution in [0.4, 0.5) is 0 Å². The van der Waals surface area contributed by atoms with E-state index in [1.807, 2.05) is 0 Å². The number of nitrogens with two attached hydrogens (primary N) is 1. The molecule has 8 N–H and O–H groups in total. The van der Waals surface area contributed by atoms with Gasteiger partial charge in [-0.15, -0.1) is 0 Å². The van der Waals surface area contributed by atoms with E-state index in [2.05, 4.69) is 0 Å². The van der Waals surface area contributed by atoms with E-state index in [0.29, 0.717) is 0 Å². The van der Waals surface area contributed by atoms with Gasteiger partial charge in [0.1, 0.15) is 6.04 Å². The van der Waals surface area contributed by atoms with Gasteiger partial charge >= 0.3 is 23.9 Å². The second-order valence-electron chi connectivity index (χ2n) is 3.44. The van der Waals surface area contributed by atoms with Crippen molar-refractivity contribution in [2.24, 2.45) is 5.73 Å². The maximum atomic E-state index is 9.99. The molecule has 11 nitrogen and oxygen atoms in total. The van der Waals surface area contributed by atoms with E-state index in [1.165, 1.54) is 0 Å². The molecular formula is C9H15NO10Zr. The Morgan fingerprint density at radius 1 is 0.810 bits per heavy atom. The summed E-state index contributed by atoms with van der Waals surface area (Å²) < 4.78 is 0. The fraction of sp³-hybridized carbons (Fsp3) is 0.556. The molecule has 0 saturated carbocycles. The molecule has 0 amide bonds. The molecule has 0 bridgehead atoms. The normalized spacial score (nSPS) is 13.5. The Bertz CT molecular complexity index is 356. The summed E-state index contributed by atoms with van der Waals surface area (Å²) in [6.45, 7) is 0. The first-order valence-electron chi connectivity index (χ1n) is 5.02. The average Bonchev–Trinajstić information content (AvgIpc) is 2.34. The summed E-state index contributed by atoms with van der Waals surface area (Å²) in [5.41, 5.74) is 5.00. The number of aliphatic hydroxyl groups is 2. The molecule has 0 aliphatic heterocycles. The molecule has 3 unspecified atom stereocenters. The van der Waals surface area contributed by atoms with Crippen LogP contribution in [-0.2, 0) is 45.4 Å². The maximum absolute atomic E-state index is 9.99. The van der Waals surface area contributed by atoms with Gasteiger partial charge in [0.05, 0.1) is 0 Å². The minimum absolute atomic E-state index is 0. The van der Waals surface area contributed by atoms with E-state index in [-0.39, 0.29) is 39.0 Å². The molecule has 0 heterocycles. The predicted octanol–water partition coefficient (Wildman–Crippen LogP) is -2.86. The van der Waals surface area contributed by atoms with Gasteiger partial charge in [-0.1, -0.05) is 0 Å². The third-order valence-electron chi connectivity index (χ3n) is 1.79. The minimum atomic E-state index is -2.27. The van der Waals surface area contributed by atoms with E-state index in [4.69, 9.17) is 36.4 Å². The van der Waals surface area contributed by atoms with Crippen LogP contribution in [0.25, 0.3) is 0 Å². The van der Waals surface area contributed by atoms with Crippen LogP contribution >= 0.6 is 0 Å². The Hall–Kier alpha value is -1.36. The number of rotatable bonds is 7. The van der Waals surface area contributed by atoms with Gasteiger partial charge in [-0.2, -0.15) is 0 Å². The number of hydrogen-bond acceptors (Lipinski definition) is 7. The molecule has 0 rings (SSSR count). The van der Waals surface area contributed by atoms with Crippen LogP contribution in [-0.4, -0.2) is 72.8 Å². The van der Waals surface area contributed by atoms with Crippen LogP contribution in [0.3, 0.4) is 0 Å². The summed E-state index contributed by atoms with van der Waals surface area (Å²) in [6.07, 6.45) is -4.76. The van der Waals surface area contributed by atoms with E-state index < -0.39 is 42.1 Å². The Balaban J connectivity index is -0.000000295. The molecule has 0 fully saturated rings. The monoisotopic (exact) mass is 387 g/mol. The third-order valence-corrected chi connectivity index (χ3v) is 1.79. The van der Waals surface area contributed by atoms with Gasteiger partial charge < -0.3 is 36.4 Å². The second kappa shape index (κ2) is 12.4. The first kappa shape index (κ1) is 24.6. The number of carboxylic acids is 4. The van der Waals surface area contributed by atoms with Gasteiger partial charge in [0.25, 0.3) is 0 Å². The van der Waals surface area contributed by atoms with Crippen molar-refractivity contribution in [2.75, 3.05) is 0 Å². The summed E-state index contributed by atoms with van der Waals surface area (Å²) >= 11 is 0. The second-order valence-corrected chi connectivity index (χ2v) is 3.44. The van der Waals surface area contributed by atoms with Crippen molar-refractivity contribution in [2.45, 2.75) is 31.1 Å². The zero-order valence-electron chi connectivity index (χ0n) is 10.5. The number of carboxylic acid groups (broad SMARTS) is 4. The first-order valence-corrected chi connectivity index (χ1v) is 5.02. The smallest absolute Gasteiger partial charge is 0.335 e. The molecule has 0 spiro atoms. The van der Waals surface area contributed by atoms with Crippen molar-refractivity contribution < 1.29 is 76.0 Å². The van der Waals surface area contributed by atoms with E-state index in [9.17, 15) is 19.2 Å². The fourth-order valence-electron chi connectivity index (χ4n) is 0.673. The van der Waals surface area contributed by atoms with Crippen molar-refractivity contribution in [1.82, 2.24) is 0 Å². The van der Waals surface area contributed by atoms with Gasteiger partial charge in [0.15, 0.2) is 12.2 Å². The van der Waals surface area contributed by atoms with Crippen LogP contribution in [0.2, 0.25) is 0 Å². The quantitative estimate of drug-likeness (QED) is 0.235. The molecule has 12 heteroatoms. The molecule has 120 valence electrons. The number of aliphatic carboxylic acids is 4. The maximum Gasteiger partial charge on any atom is 0.335 e. The van der Waals surface area contributed by atoms with E-state index in [0.717, 1.165) is 0 Å². The van der Waals surface area contributed by atoms with Crippen molar-refractivity contribution in [3.63, 3.8) is 0 Å². The third kappa shape index (κ3) is 13.4. The molecule has 0 aliphatic rings. The summed E-state index contributed by atoms with van der Waals surface area (Å²) in [7, 11) is 0. The van der Waals surface area contributed by atoms with Crippen LogP contribution in [0.1, 0.15) is 12.8 Å². The topological polar surface area (TPSA) is 216 Å². The Morgan fingerprint density at radius 3 is 1.33 bits per heavy atom. The summed E-state index contributed by atoms with van der Waals surface area (Å²) in [5, 5.41) is 48.8. The molecule has 0 aliphatic carbocycles. The predicted molar refractivity (Wildman–Crippen MR) is 59.8 cm³/mol. The summed E-state index contributed by atoms with van der Waals surface area (Å²) in [4.78, 5) is 39.4. The zero-order chi connectivity index (χ0) is 16.5. The number of carbonyl (C=O) groups is 4. The molecule has 0 aromatic rings. The summed E-state index contributed by atoms with van der Waals surface area (Å²) in [5.74, 6) is -5.73. The number of hydrogen-bond donors (Lipinski definition) is 7. The fourth-order valence-corrected chi connectivity index (χ4v) is 0.673. The molecule has 21 heavy (non-hydrogen) atoms. The van der Waals surface area contributed by atoms with Gasteiger partial charge in [-0.05, 0) is 6.42 Å². The average molecular weight is 388 g/mol. The van der Waals surface area contributed by atoms with Gasteiger partial charge in [-0.3, -0.25) is 9.59 Å². The van der Waals surface area contributed by atoms with E-state index >= 15 is 0 Å². The van der Waals surface area contributed by atoms with E-state index in [1.54, 1.807) is 0 Å². The minimum Gasteiger partial charge on any atom is -0.481 e. The van der Waals surface area contributed by atoms with Crippen LogP contribution in [0, 0.1) is 0 Å². The van der Waals surface area contributed by atoms with Crippen molar-refractivity contribution in [3.05, 3.63) is 0 Å². The Labute approximate surface area is 137 Å². The number of aliphatic hydroxyl groups excluding tert-OH is 2. The molecule has 3 atom stereocenters.